The summed E-state index contributed by atoms with van der Waals surface area (Å²) in [5, 5.41) is 2.93. The molecule has 5 nitrogen and oxygen atoms in total. The fourth-order valence-corrected chi connectivity index (χ4v) is 4.50. The Morgan fingerprint density at radius 1 is 1.42 bits per heavy atom. The van der Waals surface area contributed by atoms with Gasteiger partial charge in [0.1, 0.15) is 0 Å². The molecule has 0 unspecified atom stereocenters. The molecule has 1 aromatic rings. The van der Waals surface area contributed by atoms with Crippen molar-refractivity contribution in [2.24, 2.45) is 5.92 Å². The second-order valence-corrected chi connectivity index (χ2v) is 7.42. The van der Waals surface area contributed by atoms with Gasteiger partial charge in [-0.25, -0.2) is 18.1 Å². The summed E-state index contributed by atoms with van der Waals surface area (Å²) in [6.07, 6.45) is 3.65. The molecule has 0 spiro atoms. The Labute approximate surface area is 118 Å². The second kappa shape index (κ2) is 6.58. The summed E-state index contributed by atoms with van der Waals surface area (Å²) in [5.41, 5.74) is 0.522. The molecule has 1 saturated heterocycles. The van der Waals surface area contributed by atoms with Crippen molar-refractivity contribution in [2.45, 2.75) is 17.9 Å². The Balaban J connectivity index is 2.05. The Kier molecular flexibility index (Phi) is 5.06. The van der Waals surface area contributed by atoms with Gasteiger partial charge in [0.25, 0.3) is 10.0 Å². The first-order valence-electron chi connectivity index (χ1n) is 6.33. The number of sulfonamides is 1. The van der Waals surface area contributed by atoms with Crippen LogP contribution in [-0.2, 0) is 10.0 Å². The molecule has 2 N–H and O–H groups in total. The highest BCUT2D eigenvalue weighted by atomic mass is 32.2. The average Bonchev–Trinajstić information content (AvgIpc) is 2.46. The molecule has 1 aliphatic heterocycles. The van der Waals surface area contributed by atoms with Crippen LogP contribution in [0.15, 0.2) is 23.4 Å². The van der Waals surface area contributed by atoms with Crippen LogP contribution in [0.1, 0.15) is 12.8 Å². The Hall–Kier alpha value is -0.790. The lowest BCUT2D eigenvalue weighted by atomic mass is 10.0. The average molecular weight is 301 g/mol. The molecule has 7 heteroatoms. The van der Waals surface area contributed by atoms with Crippen LogP contribution in [-0.4, -0.2) is 38.5 Å². The minimum Gasteiger partial charge on any atom is -0.386 e. The number of pyridine rings is 1. The molecule has 0 atom stereocenters. The van der Waals surface area contributed by atoms with Gasteiger partial charge in [-0.3, -0.25) is 0 Å². The molecule has 0 aliphatic carbocycles. The van der Waals surface area contributed by atoms with Crippen molar-refractivity contribution in [2.75, 3.05) is 30.4 Å². The zero-order valence-corrected chi connectivity index (χ0v) is 12.6. The van der Waals surface area contributed by atoms with E-state index in [2.05, 4.69) is 15.0 Å². The number of thioether (sulfide) groups is 1. The van der Waals surface area contributed by atoms with Gasteiger partial charge < -0.3 is 5.32 Å². The monoisotopic (exact) mass is 301 g/mol. The van der Waals surface area contributed by atoms with Gasteiger partial charge in [-0.1, -0.05) is 0 Å². The van der Waals surface area contributed by atoms with Gasteiger partial charge in [0, 0.05) is 19.8 Å². The van der Waals surface area contributed by atoms with Crippen LogP contribution in [0.5, 0.6) is 0 Å². The lowest BCUT2D eigenvalue weighted by Crippen LogP contribution is -2.32. The van der Waals surface area contributed by atoms with Crippen molar-refractivity contribution < 1.29 is 8.42 Å². The molecule has 2 heterocycles. The van der Waals surface area contributed by atoms with Crippen LogP contribution < -0.4 is 10.0 Å². The number of aromatic nitrogens is 1. The number of nitrogens with one attached hydrogen (secondary N) is 2. The smallest absolute Gasteiger partial charge is 0.260 e. The van der Waals surface area contributed by atoms with E-state index in [1.54, 1.807) is 19.2 Å². The maximum Gasteiger partial charge on any atom is 0.260 e. The molecule has 19 heavy (non-hydrogen) atoms. The van der Waals surface area contributed by atoms with Crippen molar-refractivity contribution in [1.82, 2.24) is 9.71 Å². The summed E-state index contributed by atoms with van der Waals surface area (Å²) in [4.78, 5) is 3.97. The standard InChI is InChI=1S/C12H19N3O2S2/c1-13-11-3-2-6-14-12(11)19(16,17)15-9-10-4-7-18-8-5-10/h2-3,6,10,13,15H,4-5,7-9H2,1H3. The number of hydrogen-bond acceptors (Lipinski definition) is 5. The van der Waals surface area contributed by atoms with Crippen LogP contribution in [0.2, 0.25) is 0 Å². The molecule has 1 aliphatic rings. The quantitative estimate of drug-likeness (QED) is 0.863. The van der Waals surface area contributed by atoms with Gasteiger partial charge in [-0.15, -0.1) is 0 Å². The van der Waals surface area contributed by atoms with Crippen molar-refractivity contribution >= 4 is 27.5 Å². The maximum atomic E-state index is 12.2. The van der Waals surface area contributed by atoms with Crippen LogP contribution in [0.3, 0.4) is 0 Å². The maximum absolute atomic E-state index is 12.2. The van der Waals surface area contributed by atoms with Crippen molar-refractivity contribution in [3.05, 3.63) is 18.3 Å². The third-order valence-electron chi connectivity index (χ3n) is 3.20. The molecule has 1 aromatic heterocycles. The normalized spacial score (nSPS) is 17.3. The Morgan fingerprint density at radius 3 is 2.84 bits per heavy atom. The molecule has 2 rings (SSSR count). The van der Waals surface area contributed by atoms with E-state index < -0.39 is 10.0 Å². The predicted molar refractivity (Wildman–Crippen MR) is 79.0 cm³/mol. The Bertz CT molecular complexity index is 513. The molecule has 0 aromatic carbocycles. The van der Waals surface area contributed by atoms with Crippen LogP contribution >= 0.6 is 11.8 Å². The summed E-state index contributed by atoms with van der Waals surface area (Å²) in [7, 11) is -1.84. The van der Waals surface area contributed by atoms with E-state index in [9.17, 15) is 8.42 Å². The highest BCUT2D eigenvalue weighted by molar-refractivity contribution is 7.99. The first kappa shape index (κ1) is 14.6. The van der Waals surface area contributed by atoms with Gasteiger partial charge in [-0.2, -0.15) is 11.8 Å². The van der Waals surface area contributed by atoms with Crippen LogP contribution in [0.4, 0.5) is 5.69 Å². The molecule has 0 saturated carbocycles. The topological polar surface area (TPSA) is 71.1 Å². The minimum absolute atomic E-state index is 0.0719. The van der Waals surface area contributed by atoms with E-state index in [1.807, 2.05) is 11.8 Å². The first-order chi connectivity index (χ1) is 9.13. The molecule has 0 amide bonds. The highest BCUT2D eigenvalue weighted by Gasteiger charge is 2.22. The molecular weight excluding hydrogens is 282 g/mol. The number of nitrogens with zero attached hydrogens (tertiary/aromatic N) is 1. The second-order valence-electron chi connectivity index (χ2n) is 4.51. The summed E-state index contributed by atoms with van der Waals surface area (Å²) < 4.78 is 27.2. The van der Waals surface area contributed by atoms with Gasteiger partial charge in [0.2, 0.25) is 0 Å². The fourth-order valence-electron chi connectivity index (χ4n) is 2.04. The fraction of sp³-hybridized carbons (Fsp3) is 0.583. The summed E-state index contributed by atoms with van der Waals surface area (Å²) in [6, 6.07) is 3.42. The van der Waals surface area contributed by atoms with E-state index in [1.165, 1.54) is 6.20 Å². The summed E-state index contributed by atoms with van der Waals surface area (Å²) in [6.45, 7) is 0.503. The lowest BCUT2D eigenvalue weighted by molar-refractivity contribution is 0.476. The van der Waals surface area contributed by atoms with Gasteiger partial charge in [0.15, 0.2) is 5.03 Å². The molecule has 1 fully saturated rings. The zero-order valence-electron chi connectivity index (χ0n) is 10.9. The highest BCUT2D eigenvalue weighted by Crippen LogP contribution is 2.23. The molecular formula is C12H19N3O2S2. The lowest BCUT2D eigenvalue weighted by Gasteiger charge is -2.21. The van der Waals surface area contributed by atoms with Crippen molar-refractivity contribution in [3.8, 4) is 0 Å². The molecule has 106 valence electrons. The number of rotatable bonds is 5. The van der Waals surface area contributed by atoms with E-state index in [4.69, 9.17) is 0 Å². The third kappa shape index (κ3) is 3.84. The van der Waals surface area contributed by atoms with E-state index in [-0.39, 0.29) is 5.03 Å². The minimum atomic E-state index is -3.53. The predicted octanol–water partition coefficient (Wildman–Crippen LogP) is 1.54. The molecule has 0 bridgehead atoms. The largest absolute Gasteiger partial charge is 0.386 e. The zero-order chi connectivity index (χ0) is 13.7. The van der Waals surface area contributed by atoms with Crippen LogP contribution in [0, 0.1) is 5.92 Å². The van der Waals surface area contributed by atoms with Gasteiger partial charge in [-0.05, 0) is 42.4 Å². The first-order valence-corrected chi connectivity index (χ1v) is 8.97. The number of anilines is 1. The van der Waals surface area contributed by atoms with E-state index >= 15 is 0 Å². The van der Waals surface area contributed by atoms with Crippen LogP contribution in [0.25, 0.3) is 0 Å². The van der Waals surface area contributed by atoms with E-state index in [0.29, 0.717) is 18.2 Å². The third-order valence-corrected chi connectivity index (χ3v) is 5.63. The SMILES string of the molecule is CNc1cccnc1S(=O)(=O)NCC1CCSCC1. The summed E-state index contributed by atoms with van der Waals surface area (Å²) >= 11 is 1.93. The summed E-state index contributed by atoms with van der Waals surface area (Å²) in [5.74, 6) is 2.69. The number of hydrogen-bond donors (Lipinski definition) is 2. The van der Waals surface area contributed by atoms with Crippen molar-refractivity contribution in [3.63, 3.8) is 0 Å². The van der Waals surface area contributed by atoms with E-state index in [0.717, 1.165) is 24.3 Å². The van der Waals surface area contributed by atoms with Crippen molar-refractivity contribution in [1.29, 1.82) is 0 Å². The van der Waals surface area contributed by atoms with Gasteiger partial charge in [0.05, 0.1) is 5.69 Å². The Morgan fingerprint density at radius 2 is 2.16 bits per heavy atom. The molecule has 0 radical (unpaired) electrons. The van der Waals surface area contributed by atoms with Gasteiger partial charge >= 0.3 is 0 Å².